The van der Waals surface area contributed by atoms with Crippen molar-refractivity contribution in [3.63, 3.8) is 0 Å². The summed E-state index contributed by atoms with van der Waals surface area (Å²) in [7, 11) is 1.63. The molecule has 22 heavy (non-hydrogen) atoms. The Morgan fingerprint density at radius 3 is 2.64 bits per heavy atom. The molecule has 1 aromatic carbocycles. The second-order valence-electron chi connectivity index (χ2n) is 5.00. The largest absolute Gasteiger partial charge is 0.359 e. The number of fused-ring (bicyclic) bond motifs is 1. The Bertz CT molecular complexity index is 836. The number of amides is 1. The van der Waals surface area contributed by atoms with Crippen molar-refractivity contribution in [1.29, 1.82) is 0 Å². The van der Waals surface area contributed by atoms with Crippen molar-refractivity contribution in [2.45, 2.75) is 23.9 Å². The minimum Gasteiger partial charge on any atom is -0.359 e. The summed E-state index contributed by atoms with van der Waals surface area (Å²) in [6, 6.07) is 7.62. The van der Waals surface area contributed by atoms with E-state index < -0.39 is 0 Å². The normalized spacial score (nSPS) is 10.9. The highest BCUT2D eigenvalue weighted by molar-refractivity contribution is 7.99. The highest BCUT2D eigenvalue weighted by Crippen LogP contribution is 2.33. The van der Waals surface area contributed by atoms with Crippen LogP contribution in [0.25, 0.3) is 10.9 Å². The lowest BCUT2D eigenvalue weighted by atomic mass is 10.1. The van der Waals surface area contributed by atoms with Gasteiger partial charge in [0.05, 0.1) is 11.1 Å². The smallest absolute Gasteiger partial charge is 0.253 e. The SMILES string of the molecule is CNC(=O)c1cccc2c(Sc3nc(C)cc(C)n3)c[nH]c12. The van der Waals surface area contributed by atoms with Crippen molar-refractivity contribution in [2.75, 3.05) is 7.05 Å². The molecule has 0 saturated carbocycles. The topological polar surface area (TPSA) is 70.7 Å². The van der Waals surface area contributed by atoms with Crippen LogP contribution in [0.4, 0.5) is 0 Å². The number of para-hydroxylation sites is 1. The molecule has 0 aliphatic heterocycles. The average molecular weight is 312 g/mol. The van der Waals surface area contributed by atoms with Crippen LogP contribution in [0, 0.1) is 13.8 Å². The molecule has 1 amide bonds. The van der Waals surface area contributed by atoms with E-state index in [9.17, 15) is 4.79 Å². The Balaban J connectivity index is 2.03. The van der Waals surface area contributed by atoms with E-state index in [0.29, 0.717) is 10.7 Å². The zero-order valence-corrected chi connectivity index (χ0v) is 13.4. The van der Waals surface area contributed by atoms with Gasteiger partial charge in [-0.1, -0.05) is 12.1 Å². The lowest BCUT2D eigenvalue weighted by Gasteiger charge is -2.03. The highest BCUT2D eigenvalue weighted by atomic mass is 32.2. The number of nitrogens with one attached hydrogen (secondary N) is 2. The Hall–Kier alpha value is -2.34. The van der Waals surface area contributed by atoms with E-state index in [1.54, 1.807) is 13.1 Å². The fourth-order valence-corrected chi connectivity index (χ4v) is 3.35. The number of benzene rings is 1. The van der Waals surface area contributed by atoms with Gasteiger partial charge in [0.25, 0.3) is 5.91 Å². The van der Waals surface area contributed by atoms with Crippen molar-refractivity contribution in [2.24, 2.45) is 0 Å². The van der Waals surface area contributed by atoms with Crippen LogP contribution < -0.4 is 5.32 Å². The Morgan fingerprint density at radius 1 is 1.23 bits per heavy atom. The van der Waals surface area contributed by atoms with E-state index in [4.69, 9.17) is 0 Å². The fraction of sp³-hybridized carbons (Fsp3) is 0.188. The number of carbonyl (C=O) groups is 1. The molecule has 0 spiro atoms. The molecular weight excluding hydrogens is 296 g/mol. The van der Waals surface area contributed by atoms with Gasteiger partial charge in [-0.2, -0.15) is 0 Å². The molecule has 112 valence electrons. The maximum atomic E-state index is 11.9. The van der Waals surface area contributed by atoms with E-state index in [-0.39, 0.29) is 5.91 Å². The first-order chi connectivity index (χ1) is 10.6. The second kappa shape index (κ2) is 5.81. The number of aryl methyl sites for hydroxylation is 2. The second-order valence-corrected chi connectivity index (χ2v) is 6.00. The van der Waals surface area contributed by atoms with Crippen LogP contribution in [0.5, 0.6) is 0 Å². The van der Waals surface area contributed by atoms with Gasteiger partial charge in [-0.25, -0.2) is 9.97 Å². The summed E-state index contributed by atoms with van der Waals surface area (Å²) < 4.78 is 0. The third-order valence-corrected chi connectivity index (χ3v) is 4.24. The monoisotopic (exact) mass is 312 g/mol. The van der Waals surface area contributed by atoms with Crippen molar-refractivity contribution in [3.8, 4) is 0 Å². The number of nitrogens with zero attached hydrogens (tertiary/aromatic N) is 2. The van der Waals surface area contributed by atoms with Crippen molar-refractivity contribution >= 4 is 28.6 Å². The number of rotatable bonds is 3. The van der Waals surface area contributed by atoms with Crippen molar-refractivity contribution < 1.29 is 4.79 Å². The van der Waals surface area contributed by atoms with E-state index in [0.717, 1.165) is 27.2 Å². The number of hydrogen-bond acceptors (Lipinski definition) is 4. The average Bonchev–Trinajstić information content (AvgIpc) is 2.88. The summed E-state index contributed by atoms with van der Waals surface area (Å²) in [4.78, 5) is 25.0. The summed E-state index contributed by atoms with van der Waals surface area (Å²) in [6.07, 6.45) is 1.89. The van der Waals surface area contributed by atoms with Gasteiger partial charge in [-0.3, -0.25) is 4.79 Å². The summed E-state index contributed by atoms with van der Waals surface area (Å²) in [5.74, 6) is -0.105. The molecule has 0 atom stereocenters. The predicted molar refractivity (Wildman–Crippen MR) is 87.3 cm³/mol. The van der Waals surface area contributed by atoms with Crippen LogP contribution in [0.3, 0.4) is 0 Å². The Morgan fingerprint density at radius 2 is 1.95 bits per heavy atom. The lowest BCUT2D eigenvalue weighted by Crippen LogP contribution is -2.17. The maximum Gasteiger partial charge on any atom is 0.253 e. The highest BCUT2D eigenvalue weighted by Gasteiger charge is 2.13. The maximum absolute atomic E-state index is 11.9. The summed E-state index contributed by atoms with van der Waals surface area (Å²) >= 11 is 1.49. The third kappa shape index (κ3) is 2.69. The molecule has 2 N–H and O–H groups in total. The van der Waals surface area contributed by atoms with Gasteiger partial charge in [0.1, 0.15) is 0 Å². The van der Waals surface area contributed by atoms with Crippen LogP contribution in [0.15, 0.2) is 40.5 Å². The van der Waals surface area contributed by atoms with Crippen LogP contribution in [-0.2, 0) is 0 Å². The standard InChI is InChI=1S/C16H16N4OS/c1-9-7-10(2)20-16(19-9)22-13-8-18-14-11(13)5-4-6-12(14)15(21)17-3/h4-8,18H,1-3H3,(H,17,21). The third-order valence-electron chi connectivity index (χ3n) is 3.31. The summed E-state index contributed by atoms with van der Waals surface area (Å²) in [5.41, 5.74) is 3.35. The molecule has 0 unspecified atom stereocenters. The van der Waals surface area contributed by atoms with Crippen LogP contribution in [0.2, 0.25) is 0 Å². The first-order valence-corrected chi connectivity index (χ1v) is 7.72. The fourth-order valence-electron chi connectivity index (χ4n) is 2.37. The lowest BCUT2D eigenvalue weighted by molar-refractivity contribution is 0.0964. The molecule has 0 saturated heterocycles. The molecule has 2 aromatic heterocycles. The number of aromatic amines is 1. The van der Waals surface area contributed by atoms with Gasteiger partial charge >= 0.3 is 0 Å². The number of aromatic nitrogens is 3. The van der Waals surface area contributed by atoms with Gasteiger partial charge in [-0.05, 0) is 37.7 Å². The van der Waals surface area contributed by atoms with Gasteiger partial charge in [-0.15, -0.1) is 0 Å². The van der Waals surface area contributed by atoms with Crippen LogP contribution in [0.1, 0.15) is 21.7 Å². The first kappa shape index (κ1) is 14.6. The first-order valence-electron chi connectivity index (χ1n) is 6.91. The minimum absolute atomic E-state index is 0.105. The zero-order valence-electron chi connectivity index (χ0n) is 12.6. The van der Waals surface area contributed by atoms with E-state index in [1.165, 1.54) is 11.8 Å². The van der Waals surface area contributed by atoms with Crippen LogP contribution >= 0.6 is 11.8 Å². The van der Waals surface area contributed by atoms with Gasteiger partial charge < -0.3 is 10.3 Å². The molecule has 3 aromatic rings. The molecule has 6 heteroatoms. The number of hydrogen-bond donors (Lipinski definition) is 2. The molecule has 0 fully saturated rings. The molecule has 0 aliphatic carbocycles. The Labute approximate surface area is 132 Å². The number of H-pyrrole nitrogens is 1. The molecule has 3 rings (SSSR count). The van der Waals surface area contributed by atoms with Gasteiger partial charge in [0.2, 0.25) is 0 Å². The molecule has 5 nitrogen and oxygen atoms in total. The molecule has 0 bridgehead atoms. The number of carbonyl (C=O) groups excluding carboxylic acids is 1. The van der Waals surface area contributed by atoms with E-state index >= 15 is 0 Å². The molecule has 2 heterocycles. The van der Waals surface area contributed by atoms with Crippen molar-refractivity contribution in [3.05, 3.63) is 47.4 Å². The Kier molecular flexibility index (Phi) is 3.85. The molecule has 0 radical (unpaired) electrons. The summed E-state index contributed by atoms with van der Waals surface area (Å²) in [5, 5.41) is 4.36. The predicted octanol–water partition coefficient (Wildman–Crippen LogP) is 3.09. The van der Waals surface area contributed by atoms with Crippen molar-refractivity contribution in [1.82, 2.24) is 20.3 Å². The molecule has 0 aliphatic rings. The van der Waals surface area contributed by atoms with Gasteiger partial charge in [0, 0.05) is 34.9 Å². The van der Waals surface area contributed by atoms with Gasteiger partial charge in [0.15, 0.2) is 5.16 Å². The zero-order chi connectivity index (χ0) is 15.7. The van der Waals surface area contributed by atoms with E-state index in [2.05, 4.69) is 20.3 Å². The molecular formula is C16H16N4OS. The minimum atomic E-state index is -0.105. The van der Waals surface area contributed by atoms with E-state index in [1.807, 2.05) is 38.2 Å². The summed E-state index contributed by atoms with van der Waals surface area (Å²) in [6.45, 7) is 3.91. The van der Waals surface area contributed by atoms with Crippen LogP contribution in [-0.4, -0.2) is 27.9 Å². The quantitative estimate of drug-likeness (QED) is 0.729.